The average Bonchev–Trinajstić information content (AvgIpc) is 2.69. The molecule has 2 rings (SSSR count). The number of rotatable bonds is 10. The number of carbonyl (C=O) groups excluding carboxylic acids is 1. The number of amides is 1. The highest BCUT2D eigenvalue weighted by Crippen LogP contribution is 2.25. The van der Waals surface area contributed by atoms with E-state index in [9.17, 15) is 13.6 Å². The number of carbonyl (C=O) groups is 1. The van der Waals surface area contributed by atoms with Gasteiger partial charge in [-0.3, -0.25) is 13.3 Å². The van der Waals surface area contributed by atoms with Crippen LogP contribution in [0.3, 0.4) is 0 Å². The van der Waals surface area contributed by atoms with Crippen LogP contribution in [0.2, 0.25) is 0 Å². The molecule has 2 aromatic rings. The summed E-state index contributed by atoms with van der Waals surface area (Å²) in [6, 6.07) is 10.4. The second-order valence-electron chi connectivity index (χ2n) is 8.41. The number of hydrogen-bond donors (Lipinski definition) is 0. The molecule has 0 aliphatic heterocycles. The summed E-state index contributed by atoms with van der Waals surface area (Å²) in [6.45, 7) is 11.9. The Hall–Kier alpha value is -2.25. The van der Waals surface area contributed by atoms with E-state index < -0.39 is 11.3 Å². The summed E-state index contributed by atoms with van der Waals surface area (Å²) < 4.78 is 24.8. The molecule has 0 radical (unpaired) electrons. The molecule has 7 heteroatoms. The Balaban J connectivity index is 2.22. The summed E-state index contributed by atoms with van der Waals surface area (Å²) >= 11 is -2.53. The van der Waals surface area contributed by atoms with Crippen molar-refractivity contribution in [3.8, 4) is 0 Å². The first-order valence-electron chi connectivity index (χ1n) is 10.4. The van der Waals surface area contributed by atoms with Gasteiger partial charge in [-0.25, -0.2) is 4.98 Å². The van der Waals surface area contributed by atoms with Gasteiger partial charge in [-0.05, 0) is 55.9 Å². The van der Waals surface area contributed by atoms with Crippen LogP contribution in [0.15, 0.2) is 42.6 Å². The van der Waals surface area contributed by atoms with E-state index in [2.05, 4.69) is 32.7 Å². The molecule has 0 saturated carbocycles. The maximum absolute atomic E-state index is 13.0. The molecule has 6 nitrogen and oxygen atoms in total. The van der Waals surface area contributed by atoms with Crippen LogP contribution in [-0.4, -0.2) is 37.6 Å². The van der Waals surface area contributed by atoms with Crippen LogP contribution in [-0.2, 0) is 11.3 Å². The predicted molar refractivity (Wildman–Crippen MR) is 121 cm³/mol. The van der Waals surface area contributed by atoms with Gasteiger partial charge in [-0.2, -0.15) is 0 Å². The lowest BCUT2D eigenvalue weighted by Crippen LogP contribution is -2.34. The molecule has 1 aromatic carbocycles. The van der Waals surface area contributed by atoms with E-state index in [1.54, 1.807) is 24.3 Å². The van der Waals surface area contributed by atoms with Gasteiger partial charge in [0, 0.05) is 19.3 Å². The Morgan fingerprint density at radius 2 is 1.57 bits per heavy atom. The summed E-state index contributed by atoms with van der Waals surface area (Å²) in [6.07, 6.45) is 3.33. The third-order valence-electron chi connectivity index (χ3n) is 4.86. The zero-order valence-corrected chi connectivity index (χ0v) is 19.3. The van der Waals surface area contributed by atoms with Gasteiger partial charge in [0.15, 0.2) is 0 Å². The zero-order chi connectivity index (χ0) is 22.3. The number of hydrogen-bond acceptors (Lipinski definition) is 4. The van der Waals surface area contributed by atoms with E-state index in [4.69, 9.17) is 0 Å². The lowest BCUT2D eigenvalue weighted by Gasteiger charge is -2.26. The van der Waals surface area contributed by atoms with Gasteiger partial charge < -0.3 is 9.45 Å². The van der Waals surface area contributed by atoms with Crippen molar-refractivity contribution in [3.05, 3.63) is 53.7 Å². The Morgan fingerprint density at radius 1 is 1.00 bits per heavy atom. The summed E-state index contributed by atoms with van der Waals surface area (Å²) in [5.74, 6) is 1.20. The molecular weight excluding hydrogens is 398 g/mol. The van der Waals surface area contributed by atoms with Crippen molar-refractivity contribution in [1.29, 1.82) is 0 Å². The molecule has 0 fully saturated rings. The molecule has 164 valence electrons. The van der Waals surface area contributed by atoms with Gasteiger partial charge in [0.25, 0.3) is 5.91 Å². The van der Waals surface area contributed by atoms with Gasteiger partial charge in [0.05, 0.1) is 22.5 Å². The fourth-order valence-corrected chi connectivity index (χ4v) is 3.49. The van der Waals surface area contributed by atoms with Crippen molar-refractivity contribution in [2.45, 2.75) is 47.5 Å². The lowest BCUT2D eigenvalue weighted by atomic mass is 10.1. The SMILES string of the molecule is Cc1ccc(N(c2ccc(C(=O)N(CCC(C)C)CCC(C)C)cn2)S(=O)[O-])cc1. The van der Waals surface area contributed by atoms with Crippen molar-refractivity contribution in [2.75, 3.05) is 17.4 Å². The molecule has 0 aliphatic rings. The number of nitrogens with zero attached hydrogens (tertiary/aromatic N) is 3. The number of aromatic nitrogens is 1. The van der Waals surface area contributed by atoms with E-state index in [1.165, 1.54) is 6.20 Å². The summed E-state index contributed by atoms with van der Waals surface area (Å²) in [5.41, 5.74) is 2.00. The minimum atomic E-state index is -2.53. The zero-order valence-electron chi connectivity index (χ0n) is 18.5. The number of anilines is 2. The third-order valence-corrected chi connectivity index (χ3v) is 5.56. The van der Waals surface area contributed by atoms with Gasteiger partial charge in [0.1, 0.15) is 5.82 Å². The third kappa shape index (κ3) is 6.92. The quantitative estimate of drug-likeness (QED) is 0.505. The molecule has 0 saturated heterocycles. The second kappa shape index (κ2) is 11.2. The van der Waals surface area contributed by atoms with Gasteiger partial charge in [-0.15, -0.1) is 0 Å². The highest BCUT2D eigenvalue weighted by atomic mass is 32.2. The van der Waals surface area contributed by atoms with Crippen molar-refractivity contribution in [2.24, 2.45) is 11.8 Å². The molecule has 1 atom stereocenters. The van der Waals surface area contributed by atoms with E-state index in [-0.39, 0.29) is 11.7 Å². The Kier molecular flexibility index (Phi) is 8.99. The monoisotopic (exact) mass is 430 g/mol. The topological polar surface area (TPSA) is 76.6 Å². The van der Waals surface area contributed by atoms with E-state index >= 15 is 0 Å². The average molecular weight is 431 g/mol. The molecule has 0 aliphatic carbocycles. The fourth-order valence-electron chi connectivity index (χ4n) is 2.93. The highest BCUT2D eigenvalue weighted by Gasteiger charge is 2.18. The van der Waals surface area contributed by atoms with Crippen molar-refractivity contribution >= 4 is 28.7 Å². The van der Waals surface area contributed by atoms with Crippen molar-refractivity contribution in [1.82, 2.24) is 9.88 Å². The first-order chi connectivity index (χ1) is 14.2. The minimum Gasteiger partial charge on any atom is -0.755 e. The number of aryl methyl sites for hydroxylation is 1. The molecule has 1 unspecified atom stereocenters. The summed E-state index contributed by atoms with van der Waals surface area (Å²) in [7, 11) is 0. The van der Waals surface area contributed by atoms with E-state index in [1.807, 2.05) is 24.0 Å². The van der Waals surface area contributed by atoms with Crippen molar-refractivity contribution < 1.29 is 13.6 Å². The van der Waals surface area contributed by atoms with Crippen LogP contribution < -0.4 is 4.31 Å². The van der Waals surface area contributed by atoms with Crippen LogP contribution in [0.4, 0.5) is 11.5 Å². The van der Waals surface area contributed by atoms with Gasteiger partial charge >= 0.3 is 0 Å². The van der Waals surface area contributed by atoms with Crippen LogP contribution in [0.5, 0.6) is 0 Å². The van der Waals surface area contributed by atoms with Gasteiger partial charge in [-0.1, -0.05) is 45.4 Å². The van der Waals surface area contributed by atoms with E-state index in [0.717, 1.165) is 22.7 Å². The largest absolute Gasteiger partial charge is 0.755 e. The predicted octanol–water partition coefficient (Wildman–Crippen LogP) is 4.86. The second-order valence-corrected chi connectivity index (χ2v) is 9.21. The summed E-state index contributed by atoms with van der Waals surface area (Å²) in [4.78, 5) is 19.2. The van der Waals surface area contributed by atoms with Crippen LogP contribution >= 0.6 is 0 Å². The minimum absolute atomic E-state index is 0.0690. The maximum Gasteiger partial charge on any atom is 0.255 e. The number of pyridine rings is 1. The van der Waals surface area contributed by atoms with Crippen LogP contribution in [0.25, 0.3) is 0 Å². The smallest absolute Gasteiger partial charge is 0.255 e. The first-order valence-corrected chi connectivity index (χ1v) is 11.4. The first kappa shape index (κ1) is 24.0. The Morgan fingerprint density at radius 3 is 2.00 bits per heavy atom. The van der Waals surface area contributed by atoms with Crippen LogP contribution in [0, 0.1) is 18.8 Å². The molecule has 1 aromatic heterocycles. The Bertz CT molecular complexity index is 824. The standard InChI is InChI=1S/C23H33N3O3S/c1-17(2)12-14-25(15-13-18(3)4)23(27)20-8-11-22(24-16-20)26(30(28)29)21-9-6-19(5)7-10-21/h6-11,16-18H,12-15H2,1-5H3,(H,28,29)/p-1. The molecular formula is C23H32N3O3S-. The maximum atomic E-state index is 13.0. The van der Waals surface area contributed by atoms with E-state index in [0.29, 0.717) is 36.2 Å². The molecule has 0 N–H and O–H groups in total. The Labute approximate surface area is 182 Å². The molecule has 0 bridgehead atoms. The molecule has 1 amide bonds. The van der Waals surface area contributed by atoms with Crippen LogP contribution in [0.1, 0.15) is 56.5 Å². The van der Waals surface area contributed by atoms with Crippen molar-refractivity contribution in [3.63, 3.8) is 0 Å². The molecule has 30 heavy (non-hydrogen) atoms. The number of benzene rings is 1. The fraction of sp³-hybridized carbons (Fsp3) is 0.478. The normalized spacial score (nSPS) is 12.3. The highest BCUT2D eigenvalue weighted by molar-refractivity contribution is 7.81. The summed E-state index contributed by atoms with van der Waals surface area (Å²) in [5, 5.41) is 0. The molecule has 0 spiro atoms. The van der Waals surface area contributed by atoms with Gasteiger partial charge in [0.2, 0.25) is 0 Å². The molecule has 1 heterocycles. The lowest BCUT2D eigenvalue weighted by molar-refractivity contribution is 0.0740.